The Labute approximate surface area is 147 Å². The zero-order valence-corrected chi connectivity index (χ0v) is 15.5. The SMILES string of the molecule is C=CC(Cc1ccccc1)N(CCCC(=C)C)C(=O)OC(C)(C)C. The summed E-state index contributed by atoms with van der Waals surface area (Å²) in [5.74, 6) is 0. The zero-order chi connectivity index (χ0) is 18.2. The van der Waals surface area contributed by atoms with Gasteiger partial charge in [0.1, 0.15) is 5.60 Å². The molecule has 1 rings (SSSR count). The average molecular weight is 329 g/mol. The summed E-state index contributed by atoms with van der Waals surface area (Å²) in [6.07, 6.45) is 4.04. The highest BCUT2D eigenvalue weighted by Crippen LogP contribution is 2.17. The first-order valence-corrected chi connectivity index (χ1v) is 8.53. The fourth-order valence-electron chi connectivity index (χ4n) is 2.44. The molecule has 0 radical (unpaired) electrons. The van der Waals surface area contributed by atoms with Crippen molar-refractivity contribution in [2.24, 2.45) is 0 Å². The summed E-state index contributed by atoms with van der Waals surface area (Å²) in [6.45, 7) is 16.2. The van der Waals surface area contributed by atoms with Crippen LogP contribution >= 0.6 is 0 Å². The van der Waals surface area contributed by atoms with E-state index >= 15 is 0 Å². The van der Waals surface area contributed by atoms with Gasteiger partial charge in [-0.05, 0) is 52.5 Å². The average Bonchev–Trinajstić information content (AvgIpc) is 2.48. The second kappa shape index (κ2) is 9.31. The minimum Gasteiger partial charge on any atom is -0.444 e. The summed E-state index contributed by atoms with van der Waals surface area (Å²) in [6, 6.07) is 10.1. The molecule has 0 saturated heterocycles. The summed E-state index contributed by atoms with van der Waals surface area (Å²) in [7, 11) is 0. The van der Waals surface area contributed by atoms with Gasteiger partial charge >= 0.3 is 6.09 Å². The highest BCUT2D eigenvalue weighted by atomic mass is 16.6. The summed E-state index contributed by atoms with van der Waals surface area (Å²) < 4.78 is 5.59. The van der Waals surface area contributed by atoms with Gasteiger partial charge < -0.3 is 9.64 Å². The monoisotopic (exact) mass is 329 g/mol. The first kappa shape index (κ1) is 20.0. The van der Waals surface area contributed by atoms with Gasteiger partial charge in [-0.2, -0.15) is 0 Å². The number of carbonyl (C=O) groups excluding carboxylic acids is 1. The van der Waals surface area contributed by atoms with Gasteiger partial charge in [0.05, 0.1) is 6.04 Å². The lowest BCUT2D eigenvalue weighted by molar-refractivity contribution is 0.0197. The van der Waals surface area contributed by atoms with E-state index in [0.717, 1.165) is 24.8 Å². The van der Waals surface area contributed by atoms with Crippen LogP contribution in [0.3, 0.4) is 0 Å². The lowest BCUT2D eigenvalue weighted by Crippen LogP contribution is -2.44. The van der Waals surface area contributed by atoms with Crippen LogP contribution in [0.15, 0.2) is 55.1 Å². The molecule has 0 aliphatic heterocycles. The van der Waals surface area contributed by atoms with E-state index in [0.29, 0.717) is 6.54 Å². The molecule has 0 saturated carbocycles. The fraction of sp³-hybridized carbons (Fsp3) is 0.476. The lowest BCUT2D eigenvalue weighted by Gasteiger charge is -2.32. The number of hydrogen-bond acceptors (Lipinski definition) is 2. The molecule has 0 aliphatic rings. The van der Waals surface area contributed by atoms with E-state index in [4.69, 9.17) is 4.74 Å². The van der Waals surface area contributed by atoms with Crippen LogP contribution < -0.4 is 0 Å². The molecule has 0 bridgehead atoms. The van der Waals surface area contributed by atoms with Crippen LogP contribution in [0.25, 0.3) is 0 Å². The van der Waals surface area contributed by atoms with Gasteiger partial charge in [0.15, 0.2) is 0 Å². The van der Waals surface area contributed by atoms with Gasteiger partial charge in [-0.15, -0.1) is 13.2 Å². The molecule has 1 amide bonds. The second-order valence-electron chi connectivity index (χ2n) is 7.23. The molecular formula is C21H31NO2. The Bertz CT molecular complexity index is 543. The highest BCUT2D eigenvalue weighted by Gasteiger charge is 2.26. The number of amides is 1. The van der Waals surface area contributed by atoms with Gasteiger partial charge in [-0.25, -0.2) is 4.79 Å². The Balaban J connectivity index is 2.88. The van der Waals surface area contributed by atoms with Crippen LogP contribution in [0.1, 0.15) is 46.1 Å². The third-order valence-electron chi connectivity index (χ3n) is 3.59. The van der Waals surface area contributed by atoms with E-state index in [-0.39, 0.29) is 12.1 Å². The molecule has 0 fully saturated rings. The molecular weight excluding hydrogens is 298 g/mol. The van der Waals surface area contributed by atoms with E-state index in [9.17, 15) is 4.79 Å². The topological polar surface area (TPSA) is 29.5 Å². The van der Waals surface area contributed by atoms with Crippen molar-refractivity contribution in [3.05, 3.63) is 60.7 Å². The van der Waals surface area contributed by atoms with Crippen molar-refractivity contribution >= 4 is 6.09 Å². The van der Waals surface area contributed by atoms with Crippen molar-refractivity contribution in [2.45, 2.75) is 58.6 Å². The molecule has 1 aromatic rings. The number of hydrogen-bond donors (Lipinski definition) is 0. The summed E-state index contributed by atoms with van der Waals surface area (Å²) in [4.78, 5) is 14.4. The molecule has 3 heteroatoms. The highest BCUT2D eigenvalue weighted by molar-refractivity contribution is 5.69. The van der Waals surface area contributed by atoms with Crippen LogP contribution in [-0.4, -0.2) is 29.2 Å². The Morgan fingerprint density at radius 2 is 1.92 bits per heavy atom. The van der Waals surface area contributed by atoms with Crippen molar-refractivity contribution in [1.29, 1.82) is 0 Å². The first-order valence-electron chi connectivity index (χ1n) is 8.53. The van der Waals surface area contributed by atoms with E-state index in [2.05, 4.69) is 25.3 Å². The van der Waals surface area contributed by atoms with Gasteiger partial charge in [-0.3, -0.25) is 0 Å². The Morgan fingerprint density at radius 1 is 1.29 bits per heavy atom. The van der Waals surface area contributed by atoms with Crippen LogP contribution in [0, 0.1) is 0 Å². The molecule has 3 nitrogen and oxygen atoms in total. The predicted molar refractivity (Wildman–Crippen MR) is 101 cm³/mol. The molecule has 1 aromatic carbocycles. The predicted octanol–water partition coefficient (Wildman–Crippen LogP) is 5.38. The van der Waals surface area contributed by atoms with Gasteiger partial charge in [0.2, 0.25) is 0 Å². The molecule has 0 aromatic heterocycles. The standard InChI is InChI=1S/C21H31NO2/c1-7-19(16-18-13-9-8-10-14-18)22(15-11-12-17(2)3)20(23)24-21(4,5)6/h7-10,13-14,19H,1-2,11-12,15-16H2,3-6H3. The van der Waals surface area contributed by atoms with E-state index in [1.165, 1.54) is 5.56 Å². The minimum atomic E-state index is -0.512. The normalized spacial score (nSPS) is 12.3. The van der Waals surface area contributed by atoms with E-state index < -0.39 is 5.60 Å². The molecule has 0 aliphatic carbocycles. The van der Waals surface area contributed by atoms with Gasteiger partial charge in [0.25, 0.3) is 0 Å². The maximum absolute atomic E-state index is 12.7. The largest absolute Gasteiger partial charge is 0.444 e. The third kappa shape index (κ3) is 7.49. The van der Waals surface area contributed by atoms with Crippen molar-refractivity contribution in [1.82, 2.24) is 4.90 Å². The fourth-order valence-corrected chi connectivity index (χ4v) is 2.44. The molecule has 24 heavy (non-hydrogen) atoms. The number of ether oxygens (including phenoxy) is 1. The van der Waals surface area contributed by atoms with Gasteiger partial charge in [-0.1, -0.05) is 42.0 Å². The van der Waals surface area contributed by atoms with Crippen LogP contribution in [-0.2, 0) is 11.2 Å². The number of nitrogens with zero attached hydrogens (tertiary/aromatic N) is 1. The Morgan fingerprint density at radius 3 is 2.42 bits per heavy atom. The molecule has 132 valence electrons. The van der Waals surface area contributed by atoms with Crippen molar-refractivity contribution in [3.63, 3.8) is 0 Å². The maximum Gasteiger partial charge on any atom is 0.410 e. The first-order chi connectivity index (χ1) is 11.2. The maximum atomic E-state index is 12.7. The number of rotatable bonds is 8. The quantitative estimate of drug-likeness (QED) is 0.599. The molecule has 0 heterocycles. The number of benzene rings is 1. The van der Waals surface area contributed by atoms with Crippen LogP contribution in [0.2, 0.25) is 0 Å². The Kier molecular flexibility index (Phi) is 7.76. The van der Waals surface area contributed by atoms with Crippen LogP contribution in [0.4, 0.5) is 4.79 Å². The van der Waals surface area contributed by atoms with E-state index in [1.807, 2.05) is 52.0 Å². The van der Waals surface area contributed by atoms with Crippen molar-refractivity contribution < 1.29 is 9.53 Å². The van der Waals surface area contributed by atoms with E-state index in [1.54, 1.807) is 4.90 Å². The lowest BCUT2D eigenvalue weighted by atomic mass is 10.0. The third-order valence-corrected chi connectivity index (χ3v) is 3.59. The number of allylic oxidation sites excluding steroid dienone is 1. The van der Waals surface area contributed by atoms with Gasteiger partial charge in [0, 0.05) is 6.54 Å². The Hall–Kier alpha value is -2.03. The molecule has 0 spiro atoms. The summed E-state index contributed by atoms with van der Waals surface area (Å²) >= 11 is 0. The molecule has 0 N–H and O–H groups in total. The zero-order valence-electron chi connectivity index (χ0n) is 15.5. The van der Waals surface area contributed by atoms with Crippen molar-refractivity contribution in [2.75, 3.05) is 6.54 Å². The molecule has 1 atom stereocenters. The second-order valence-corrected chi connectivity index (χ2v) is 7.23. The summed E-state index contributed by atoms with van der Waals surface area (Å²) in [5.41, 5.74) is 1.79. The smallest absolute Gasteiger partial charge is 0.410 e. The minimum absolute atomic E-state index is 0.0904. The number of carbonyl (C=O) groups is 1. The van der Waals surface area contributed by atoms with Crippen LogP contribution in [0.5, 0.6) is 0 Å². The molecule has 1 unspecified atom stereocenters. The van der Waals surface area contributed by atoms with Crippen molar-refractivity contribution in [3.8, 4) is 0 Å². The summed E-state index contributed by atoms with van der Waals surface area (Å²) in [5, 5.41) is 0.